The van der Waals surface area contributed by atoms with Crippen molar-refractivity contribution in [2.45, 2.75) is 169 Å². The molecule has 12 aromatic rings. The lowest BCUT2D eigenvalue weighted by Crippen LogP contribution is -2.46. The minimum atomic E-state index is -0.0587. The number of nitriles is 4. The van der Waals surface area contributed by atoms with Crippen LogP contribution in [0.2, 0.25) is 0 Å². The second kappa shape index (κ2) is 38.0. The molecule has 27 heteroatoms. The molecule has 2 amide bonds. The zero-order valence-electron chi connectivity index (χ0n) is 73.2. The highest BCUT2D eigenvalue weighted by atomic mass is 16.5. The first-order valence-electron chi connectivity index (χ1n) is 43.5. The number of urea groups is 1. The van der Waals surface area contributed by atoms with Gasteiger partial charge in [-0.15, -0.1) is 0 Å². The zero-order valence-corrected chi connectivity index (χ0v) is 73.2. The number of rotatable bonds is 20. The van der Waals surface area contributed by atoms with Gasteiger partial charge in [0.2, 0.25) is 23.3 Å². The Morgan fingerprint density at radius 3 is 1.06 bits per heavy atom. The molecule has 1 N–H and O–H groups in total. The lowest BCUT2D eigenvalue weighted by atomic mass is 9.96. The van der Waals surface area contributed by atoms with Gasteiger partial charge in [0.15, 0.2) is 0 Å². The molecule has 4 aromatic heterocycles. The molecule has 126 heavy (non-hydrogen) atoms. The highest BCUT2D eigenvalue weighted by Gasteiger charge is 2.39. The molecule has 19 rings (SSSR count). The van der Waals surface area contributed by atoms with E-state index in [1.165, 1.54) is 59.6 Å². The lowest BCUT2D eigenvalue weighted by Gasteiger charge is -2.42. The normalized spacial score (nSPS) is 17.5. The third-order valence-corrected chi connectivity index (χ3v) is 23.8. The largest absolute Gasteiger partial charge is 0.490 e. The van der Waals surface area contributed by atoms with Crippen molar-refractivity contribution >= 4 is 6.03 Å². The Labute approximate surface area is 733 Å². The Morgan fingerprint density at radius 2 is 0.730 bits per heavy atom. The summed E-state index contributed by atoms with van der Waals surface area (Å²) in [6.07, 6.45) is 8.02. The number of carbonyl (C=O) groups excluding carboxylic acids is 1. The van der Waals surface area contributed by atoms with Gasteiger partial charge in [-0.05, 0) is 250 Å². The molecule has 0 bridgehead atoms. The van der Waals surface area contributed by atoms with Crippen molar-refractivity contribution in [2.24, 2.45) is 11.8 Å². The van der Waals surface area contributed by atoms with Crippen LogP contribution in [0.25, 0.3) is 91.4 Å². The van der Waals surface area contributed by atoms with Crippen molar-refractivity contribution in [3.63, 3.8) is 0 Å². The van der Waals surface area contributed by atoms with Crippen LogP contribution in [0.3, 0.4) is 0 Å². The number of amides is 2. The van der Waals surface area contributed by atoms with Gasteiger partial charge in [0.05, 0.1) is 65.9 Å². The van der Waals surface area contributed by atoms with Gasteiger partial charge in [-0.1, -0.05) is 107 Å². The van der Waals surface area contributed by atoms with Gasteiger partial charge < -0.3 is 56.9 Å². The van der Waals surface area contributed by atoms with E-state index in [2.05, 4.69) is 161 Å². The molecule has 3 saturated heterocycles. The summed E-state index contributed by atoms with van der Waals surface area (Å²) in [5.74, 6) is 7.61. The summed E-state index contributed by atoms with van der Waals surface area (Å²) >= 11 is 0. The molecule has 0 unspecified atom stereocenters. The van der Waals surface area contributed by atoms with E-state index < -0.39 is 0 Å². The summed E-state index contributed by atoms with van der Waals surface area (Å²) in [5, 5.41) is 58.1. The van der Waals surface area contributed by atoms with E-state index in [4.69, 9.17) is 41.8 Å². The molecule has 7 heterocycles. The van der Waals surface area contributed by atoms with Gasteiger partial charge in [0, 0.05) is 102 Å². The highest BCUT2D eigenvalue weighted by molar-refractivity contribution is 5.77. The number of nitrogens with one attached hydrogen (secondary N) is 1. The predicted molar refractivity (Wildman–Crippen MR) is 473 cm³/mol. The summed E-state index contributed by atoms with van der Waals surface area (Å²) < 4.78 is 50.4. The average Bonchev–Trinajstić information content (AvgIpc) is 1.76. The molecule has 0 spiro atoms. The Bertz CT molecular complexity index is 5950. The van der Waals surface area contributed by atoms with Crippen LogP contribution >= 0.6 is 0 Å². The van der Waals surface area contributed by atoms with E-state index in [-0.39, 0.29) is 36.5 Å². The molecule has 3 fully saturated rings. The van der Waals surface area contributed by atoms with Gasteiger partial charge in [0.25, 0.3) is 23.6 Å². The minimum Gasteiger partial charge on any atom is -0.490 e. The van der Waals surface area contributed by atoms with Crippen LogP contribution in [0, 0.1) is 57.2 Å². The van der Waals surface area contributed by atoms with Crippen LogP contribution in [-0.2, 0) is 30.4 Å². The molecular weight excluding hydrogens is 1590 g/mol. The van der Waals surface area contributed by atoms with Crippen LogP contribution < -0.4 is 24.3 Å². The molecule has 0 saturated carbocycles. The summed E-state index contributed by atoms with van der Waals surface area (Å²) in [7, 11) is 4.22. The maximum atomic E-state index is 12.7. The summed E-state index contributed by atoms with van der Waals surface area (Å²) in [6, 6.07) is 56.5. The smallest absolute Gasteiger partial charge is 0.318 e. The number of ether oxygens (including phenoxy) is 5. The summed E-state index contributed by atoms with van der Waals surface area (Å²) in [6.45, 7) is 27.1. The lowest BCUT2D eigenvalue weighted by molar-refractivity contribution is 0.0525. The molecule has 3 aliphatic heterocycles. The van der Waals surface area contributed by atoms with Crippen molar-refractivity contribution in [3.8, 4) is 139 Å². The van der Waals surface area contributed by atoms with Gasteiger partial charge in [-0.25, -0.2) is 4.79 Å². The maximum Gasteiger partial charge on any atom is 0.318 e. The number of hydrogen-bond acceptors (Lipinski definition) is 25. The van der Waals surface area contributed by atoms with Crippen LogP contribution in [-0.4, -0.2) is 157 Å². The fraction of sp³-hybridized carbons (Fsp3) is 0.384. The molecule has 4 atom stereocenters. The first kappa shape index (κ1) is 86.1. The van der Waals surface area contributed by atoms with Crippen LogP contribution in [0.1, 0.15) is 186 Å². The Hall–Kier alpha value is -13.4. The van der Waals surface area contributed by atoms with Gasteiger partial charge in [-0.2, -0.15) is 41.0 Å². The third-order valence-electron chi connectivity index (χ3n) is 23.8. The predicted octanol–water partition coefficient (Wildman–Crippen LogP) is 18.7. The third kappa shape index (κ3) is 18.7. The van der Waals surface area contributed by atoms with Crippen molar-refractivity contribution in [3.05, 3.63) is 212 Å². The highest BCUT2D eigenvalue weighted by Crippen LogP contribution is 2.47. The SMILES string of the molecule is CC(C)Oc1ccc(-c2nc(-c3cccc4c3CC[C@@H]4N(C)C)no2)cc1C#N.CC(C)Oc1ccc(-c2nc(-c3cccc4c3CC[C@H]4NC(=O)N3CCOCC3)no2)cc1C#N.CC1CN([C@@H]2CCc3c(-c4noc(-c5ccc(OC(C)C)c(C#N)c5)n4)cccc32)C1.CC1CN([C@H]2CCc3c(-c4noc(-c5ccc(OC(C)C)c(C#N)c5)n4)cccc32)C1. The van der Waals surface area contributed by atoms with E-state index in [0.717, 1.165) is 96.6 Å². The van der Waals surface area contributed by atoms with Crippen molar-refractivity contribution < 1.29 is 46.6 Å². The number of fused-ring (bicyclic) bond motifs is 4. The minimum absolute atomic E-state index is 0.00330. The fourth-order valence-electron chi connectivity index (χ4n) is 18.1. The van der Waals surface area contributed by atoms with Crippen molar-refractivity contribution in [1.82, 2.24) is 65.5 Å². The number of hydrogen-bond donors (Lipinski definition) is 1. The molecule has 0 radical (unpaired) electrons. The Balaban J connectivity index is 0.000000124. The Morgan fingerprint density at radius 1 is 0.421 bits per heavy atom. The number of carbonyl (C=O) groups is 1. The molecule has 27 nitrogen and oxygen atoms in total. The van der Waals surface area contributed by atoms with E-state index in [1.807, 2.05) is 104 Å². The number of morpholine rings is 1. The van der Waals surface area contributed by atoms with Gasteiger partial charge in [-0.3, -0.25) is 9.80 Å². The molecule has 7 aliphatic rings. The second-order valence-corrected chi connectivity index (χ2v) is 34.5. The topological polar surface area (TPSA) is 339 Å². The van der Waals surface area contributed by atoms with Crippen LogP contribution in [0.15, 0.2) is 164 Å². The summed E-state index contributed by atoms with van der Waals surface area (Å²) in [5.41, 5.74) is 18.8. The molecule has 644 valence electrons. The average molecular weight is 1690 g/mol. The molecule has 8 aromatic carbocycles. The van der Waals surface area contributed by atoms with Crippen molar-refractivity contribution in [2.75, 3.05) is 66.6 Å². The van der Waals surface area contributed by atoms with E-state index in [0.29, 0.717) is 159 Å². The monoisotopic (exact) mass is 1690 g/mol. The molecular formula is C99H103N17O10. The van der Waals surface area contributed by atoms with E-state index in [9.17, 15) is 25.8 Å². The van der Waals surface area contributed by atoms with E-state index in [1.54, 1.807) is 53.4 Å². The fourth-order valence-corrected chi connectivity index (χ4v) is 18.1. The second-order valence-electron chi connectivity index (χ2n) is 34.5. The van der Waals surface area contributed by atoms with E-state index >= 15 is 0 Å². The number of aromatic nitrogens is 8. The zero-order chi connectivity index (χ0) is 88.0. The van der Waals surface area contributed by atoms with Gasteiger partial charge >= 0.3 is 6.03 Å². The number of likely N-dealkylation sites (tertiary alicyclic amines) is 2. The maximum absolute atomic E-state index is 12.7. The summed E-state index contributed by atoms with van der Waals surface area (Å²) in [4.78, 5) is 40.5. The number of nitrogens with zero attached hydrogens (tertiary/aromatic N) is 16. The quantitative estimate of drug-likeness (QED) is 0.0740. The van der Waals surface area contributed by atoms with Gasteiger partial charge in [0.1, 0.15) is 47.3 Å². The van der Waals surface area contributed by atoms with Crippen LogP contribution in [0.5, 0.6) is 23.0 Å². The Kier molecular flexibility index (Phi) is 26.0. The first-order valence-corrected chi connectivity index (χ1v) is 43.5. The number of benzene rings is 8. The van der Waals surface area contributed by atoms with Crippen LogP contribution in [0.4, 0.5) is 4.79 Å². The first-order chi connectivity index (χ1) is 61.1. The molecule has 4 aliphatic carbocycles. The standard InChI is InChI=1S/C26H27N5O4.2C25H26N4O2.C23H24N4O2/c1-16(2)34-23-9-6-17(14-18(23)15-27)25-29-24(30-35-25)21-5-3-4-20-19(21)7-8-22(20)28-26(32)31-10-12-33-13-11-31;2*1-15(2)30-23-10-7-17(11-18(23)12-26)25-27-24(28-31-25)21-6-4-5-20-19(21)8-9-22(20)29-13-16(3)14-29;1-14(2)28-21-11-8-15(12-16(21)13-24)23-25-22(26-29-23)19-7-5-6-18-17(19)9-10-20(18)27(3)4/h3-6,9,14,16,22H,7-8,10-13H2,1-2H3,(H,28,32);2*4-7,10-11,15-16,22H,8-9,13-14H2,1-3H3;5-8,11-12,14,20H,9-10H2,1-4H3/t3*22-;20-/m1100/s1. The van der Waals surface area contributed by atoms with Crippen molar-refractivity contribution in [1.29, 1.82) is 21.0 Å².